The highest BCUT2D eigenvalue weighted by Gasteiger charge is 2.20. The van der Waals surface area contributed by atoms with Crippen molar-refractivity contribution in [1.29, 1.82) is 0 Å². The molecule has 0 aliphatic heterocycles. The van der Waals surface area contributed by atoms with Gasteiger partial charge >= 0.3 is 0 Å². The van der Waals surface area contributed by atoms with E-state index in [1.165, 1.54) is 0 Å². The van der Waals surface area contributed by atoms with E-state index in [0.29, 0.717) is 28.1 Å². The topological polar surface area (TPSA) is 65.0 Å². The quantitative estimate of drug-likeness (QED) is 0.201. The number of hydrogen-bond acceptors (Lipinski definition) is 5. The highest BCUT2D eigenvalue weighted by Crippen LogP contribution is 2.39. The van der Waals surface area contributed by atoms with Gasteiger partial charge in [0.05, 0.1) is 0 Å². The Morgan fingerprint density at radius 2 is 0.933 bits per heavy atom. The summed E-state index contributed by atoms with van der Waals surface area (Å²) in [6.45, 7) is 0. The van der Waals surface area contributed by atoms with Crippen LogP contribution in [0.3, 0.4) is 0 Å². The Labute approximate surface area is 262 Å². The molecule has 0 radical (unpaired) electrons. The molecule has 45 heavy (non-hydrogen) atoms. The van der Waals surface area contributed by atoms with Gasteiger partial charge in [0, 0.05) is 49.3 Å². The third-order valence-corrected chi connectivity index (χ3v) is 8.46. The van der Waals surface area contributed by atoms with Crippen LogP contribution in [0.25, 0.3) is 89.2 Å². The molecule has 3 heterocycles. The number of halogens is 1. The second kappa shape index (κ2) is 10.2. The lowest BCUT2D eigenvalue weighted by molar-refractivity contribution is 0.668. The molecular weight excluding hydrogens is 578 g/mol. The van der Waals surface area contributed by atoms with Gasteiger partial charge in [0.2, 0.25) is 0 Å². The number of rotatable bonds is 4. The molecule has 0 saturated carbocycles. The van der Waals surface area contributed by atoms with Crippen molar-refractivity contribution in [3.63, 3.8) is 0 Å². The minimum absolute atomic E-state index is 0.551. The molecular formula is C39H22ClN3O2. The number of para-hydroxylation sites is 1. The van der Waals surface area contributed by atoms with Crippen molar-refractivity contribution < 1.29 is 8.83 Å². The third-order valence-electron chi connectivity index (χ3n) is 8.23. The van der Waals surface area contributed by atoms with Crippen LogP contribution in [0, 0.1) is 0 Å². The van der Waals surface area contributed by atoms with E-state index in [4.69, 9.17) is 35.4 Å². The molecule has 0 saturated heterocycles. The van der Waals surface area contributed by atoms with Gasteiger partial charge in [0.15, 0.2) is 17.5 Å². The van der Waals surface area contributed by atoms with Crippen molar-refractivity contribution in [3.8, 4) is 45.3 Å². The molecule has 0 aliphatic rings. The fourth-order valence-corrected chi connectivity index (χ4v) is 6.30. The number of aromatic nitrogens is 3. The summed E-state index contributed by atoms with van der Waals surface area (Å²) in [5.74, 6) is 1.69. The second-order valence-corrected chi connectivity index (χ2v) is 11.4. The normalized spacial score (nSPS) is 11.7. The summed E-state index contributed by atoms with van der Waals surface area (Å²) in [4.78, 5) is 15.3. The Kier molecular flexibility index (Phi) is 5.80. The van der Waals surface area contributed by atoms with Crippen LogP contribution in [0.2, 0.25) is 5.02 Å². The number of nitrogens with zero attached hydrogens (tertiary/aromatic N) is 3. The van der Waals surface area contributed by atoms with E-state index in [-0.39, 0.29) is 0 Å². The highest BCUT2D eigenvalue weighted by molar-refractivity contribution is 6.31. The van der Waals surface area contributed by atoms with Crippen molar-refractivity contribution in [3.05, 3.63) is 138 Å². The molecule has 0 spiro atoms. The molecule has 0 amide bonds. The van der Waals surface area contributed by atoms with Crippen LogP contribution < -0.4 is 0 Å². The van der Waals surface area contributed by atoms with Gasteiger partial charge in [-0.15, -0.1) is 0 Å². The minimum Gasteiger partial charge on any atom is -0.456 e. The summed E-state index contributed by atoms with van der Waals surface area (Å²) in [7, 11) is 0. The zero-order valence-electron chi connectivity index (χ0n) is 23.7. The number of hydrogen-bond donors (Lipinski definition) is 0. The molecule has 0 fully saturated rings. The molecule has 0 unspecified atom stereocenters. The van der Waals surface area contributed by atoms with Gasteiger partial charge in [0.1, 0.15) is 22.3 Å². The first-order valence-electron chi connectivity index (χ1n) is 14.6. The standard InChI is InChI=1S/C39H22ClN3O2/c40-26-20-21-28-34(22-26)45-33-15-7-12-30(36(28)33)39-42-37(25-18-16-24(17-19-25)23-8-2-1-3-9-23)41-38(43-39)29-11-6-14-32-35(29)27-10-4-5-13-31(27)44-32/h1-22H. The first-order valence-corrected chi connectivity index (χ1v) is 15.0. The number of furan rings is 2. The number of fused-ring (bicyclic) bond motifs is 6. The van der Waals surface area contributed by atoms with Crippen LogP contribution >= 0.6 is 11.6 Å². The fourth-order valence-electron chi connectivity index (χ4n) is 6.14. The maximum absolute atomic E-state index is 6.31. The lowest BCUT2D eigenvalue weighted by atomic mass is 10.0. The maximum atomic E-state index is 6.31. The molecule has 5 nitrogen and oxygen atoms in total. The van der Waals surface area contributed by atoms with Crippen LogP contribution in [-0.4, -0.2) is 15.0 Å². The molecule has 6 aromatic carbocycles. The summed E-state index contributed by atoms with van der Waals surface area (Å²) < 4.78 is 12.4. The molecule has 9 aromatic rings. The second-order valence-electron chi connectivity index (χ2n) is 10.9. The Balaban J connectivity index is 1.30. The minimum atomic E-state index is 0.551. The molecule has 0 bridgehead atoms. The van der Waals surface area contributed by atoms with E-state index in [2.05, 4.69) is 42.5 Å². The molecule has 0 atom stereocenters. The van der Waals surface area contributed by atoms with Gasteiger partial charge < -0.3 is 8.83 Å². The van der Waals surface area contributed by atoms with Crippen LogP contribution in [-0.2, 0) is 0 Å². The summed E-state index contributed by atoms with van der Waals surface area (Å²) >= 11 is 6.31. The zero-order valence-corrected chi connectivity index (χ0v) is 24.5. The largest absolute Gasteiger partial charge is 0.456 e. The van der Waals surface area contributed by atoms with Crippen molar-refractivity contribution in [2.75, 3.05) is 0 Å². The van der Waals surface area contributed by atoms with Crippen LogP contribution in [0.5, 0.6) is 0 Å². The van der Waals surface area contributed by atoms with Crippen LogP contribution in [0.15, 0.2) is 142 Å². The average Bonchev–Trinajstić information content (AvgIpc) is 3.66. The van der Waals surface area contributed by atoms with Gasteiger partial charge in [-0.3, -0.25) is 0 Å². The van der Waals surface area contributed by atoms with Crippen molar-refractivity contribution in [2.45, 2.75) is 0 Å². The monoisotopic (exact) mass is 599 g/mol. The van der Waals surface area contributed by atoms with Crippen LogP contribution in [0.4, 0.5) is 0 Å². The van der Waals surface area contributed by atoms with Gasteiger partial charge in [-0.2, -0.15) is 0 Å². The lowest BCUT2D eigenvalue weighted by Gasteiger charge is -2.10. The molecule has 3 aromatic heterocycles. The Morgan fingerprint density at radius 3 is 1.64 bits per heavy atom. The molecule has 9 rings (SSSR count). The maximum Gasteiger partial charge on any atom is 0.164 e. The SMILES string of the molecule is Clc1ccc2c(c1)oc1cccc(-c3nc(-c4ccc(-c5ccccc5)cc4)nc(-c4cccc5oc6ccccc6c45)n3)c12. The predicted octanol–water partition coefficient (Wildman–Crippen LogP) is 11.0. The Morgan fingerprint density at radius 1 is 0.400 bits per heavy atom. The zero-order chi connectivity index (χ0) is 29.9. The van der Waals surface area contributed by atoms with Crippen molar-refractivity contribution >= 4 is 55.5 Å². The summed E-state index contributed by atoms with van der Waals surface area (Å²) in [6.07, 6.45) is 0. The predicted molar refractivity (Wildman–Crippen MR) is 181 cm³/mol. The number of benzene rings is 6. The summed E-state index contributed by atoms with van der Waals surface area (Å²) in [5.41, 5.74) is 7.94. The fraction of sp³-hybridized carbons (Fsp3) is 0. The van der Waals surface area contributed by atoms with Crippen molar-refractivity contribution in [2.24, 2.45) is 0 Å². The summed E-state index contributed by atoms with van der Waals surface area (Å²) in [5, 5.41) is 4.48. The van der Waals surface area contributed by atoms with E-state index in [1.807, 2.05) is 91.0 Å². The van der Waals surface area contributed by atoms with E-state index < -0.39 is 0 Å². The first kappa shape index (κ1) is 25.7. The smallest absolute Gasteiger partial charge is 0.164 e. The lowest BCUT2D eigenvalue weighted by Crippen LogP contribution is -2.00. The van der Waals surface area contributed by atoms with Crippen molar-refractivity contribution in [1.82, 2.24) is 15.0 Å². The van der Waals surface area contributed by atoms with Gasteiger partial charge in [-0.05, 0) is 41.5 Å². The van der Waals surface area contributed by atoms with E-state index >= 15 is 0 Å². The third kappa shape index (κ3) is 4.28. The molecule has 6 heteroatoms. The first-order chi connectivity index (χ1) is 22.2. The molecule has 212 valence electrons. The Bertz CT molecular complexity index is 2550. The van der Waals surface area contributed by atoms with Crippen LogP contribution in [0.1, 0.15) is 0 Å². The average molecular weight is 600 g/mol. The molecule has 0 aliphatic carbocycles. The van der Waals surface area contributed by atoms with Gasteiger partial charge in [-0.25, -0.2) is 15.0 Å². The van der Waals surface area contributed by atoms with E-state index in [0.717, 1.165) is 66.1 Å². The highest BCUT2D eigenvalue weighted by atomic mass is 35.5. The van der Waals surface area contributed by atoms with Gasteiger partial charge in [-0.1, -0.05) is 109 Å². The van der Waals surface area contributed by atoms with E-state index in [1.54, 1.807) is 0 Å². The van der Waals surface area contributed by atoms with Gasteiger partial charge in [0.25, 0.3) is 0 Å². The summed E-state index contributed by atoms with van der Waals surface area (Å²) in [6, 6.07) is 44.3. The Hall–Kier alpha value is -5.78. The molecule has 0 N–H and O–H groups in total. The van der Waals surface area contributed by atoms with E-state index in [9.17, 15) is 0 Å².